The molecular weight excluding hydrogens is 310 g/mol. The lowest BCUT2D eigenvalue weighted by Crippen LogP contribution is -2.35. The Bertz CT molecular complexity index is 438. The third-order valence-corrected chi connectivity index (χ3v) is 3.28. The Labute approximate surface area is 122 Å². The van der Waals surface area contributed by atoms with Crippen molar-refractivity contribution in [3.63, 3.8) is 0 Å². The molecule has 0 aliphatic heterocycles. The van der Waals surface area contributed by atoms with Gasteiger partial charge >= 0.3 is 0 Å². The molecule has 7 heteroatoms. The van der Waals surface area contributed by atoms with E-state index >= 15 is 0 Å². The molecule has 0 radical (unpaired) electrons. The smallest absolute Gasteiger partial charge is 0.241 e. The average molecular weight is 330 g/mol. The van der Waals surface area contributed by atoms with Crippen LogP contribution in [0, 0.1) is 0 Å². The lowest BCUT2D eigenvalue weighted by atomic mass is 10.4. The molecule has 1 aromatic rings. The standard InChI is InChI=1S/C12H20BrN5O/c1-5-6-14-11-10(13)12(16-8-15-11)18(4)7-9(19)17(2)3/h8H,5-7H2,1-4H3,(H,14,15,16). The minimum absolute atomic E-state index is 0.0241. The third kappa shape index (κ3) is 4.34. The first-order valence-corrected chi connectivity index (χ1v) is 6.92. The molecular formula is C12H20BrN5O. The van der Waals surface area contributed by atoms with Crippen LogP contribution in [-0.4, -0.2) is 55.0 Å². The average Bonchev–Trinajstić information content (AvgIpc) is 2.37. The van der Waals surface area contributed by atoms with E-state index in [9.17, 15) is 4.79 Å². The van der Waals surface area contributed by atoms with Gasteiger partial charge in [-0.25, -0.2) is 9.97 Å². The summed E-state index contributed by atoms with van der Waals surface area (Å²) in [7, 11) is 5.30. The third-order valence-electron chi connectivity index (χ3n) is 2.55. The van der Waals surface area contributed by atoms with Crippen molar-refractivity contribution in [1.29, 1.82) is 0 Å². The van der Waals surface area contributed by atoms with Crippen LogP contribution in [0.1, 0.15) is 13.3 Å². The summed E-state index contributed by atoms with van der Waals surface area (Å²) < 4.78 is 0.775. The van der Waals surface area contributed by atoms with Crippen LogP contribution in [0.5, 0.6) is 0 Å². The van der Waals surface area contributed by atoms with Crippen molar-refractivity contribution in [2.24, 2.45) is 0 Å². The Morgan fingerprint density at radius 1 is 1.37 bits per heavy atom. The number of carbonyl (C=O) groups is 1. The molecule has 1 rings (SSSR count). The van der Waals surface area contributed by atoms with Crippen LogP contribution in [0.3, 0.4) is 0 Å². The monoisotopic (exact) mass is 329 g/mol. The van der Waals surface area contributed by atoms with Crippen molar-refractivity contribution in [2.75, 3.05) is 44.4 Å². The van der Waals surface area contributed by atoms with Gasteiger partial charge in [0.15, 0.2) is 0 Å². The number of aromatic nitrogens is 2. The van der Waals surface area contributed by atoms with Crippen LogP contribution < -0.4 is 10.2 Å². The molecule has 0 saturated heterocycles. The van der Waals surface area contributed by atoms with Gasteiger partial charge in [-0.2, -0.15) is 0 Å². The summed E-state index contributed by atoms with van der Waals surface area (Å²) in [4.78, 5) is 23.5. The maximum Gasteiger partial charge on any atom is 0.241 e. The van der Waals surface area contributed by atoms with Crippen molar-refractivity contribution < 1.29 is 4.79 Å². The fourth-order valence-corrected chi connectivity index (χ4v) is 2.06. The summed E-state index contributed by atoms with van der Waals surface area (Å²) >= 11 is 3.48. The Kier molecular flexibility index (Phi) is 6.01. The molecule has 1 N–H and O–H groups in total. The second kappa shape index (κ2) is 7.28. The predicted molar refractivity (Wildman–Crippen MR) is 80.5 cm³/mol. The maximum absolute atomic E-state index is 11.7. The molecule has 1 heterocycles. The molecule has 6 nitrogen and oxygen atoms in total. The van der Waals surface area contributed by atoms with Crippen LogP contribution in [0.15, 0.2) is 10.8 Å². The molecule has 0 spiro atoms. The highest BCUT2D eigenvalue weighted by molar-refractivity contribution is 9.10. The molecule has 106 valence electrons. The van der Waals surface area contributed by atoms with Gasteiger partial charge in [0.25, 0.3) is 0 Å². The number of carbonyl (C=O) groups excluding carboxylic acids is 1. The fraction of sp³-hybridized carbons (Fsp3) is 0.583. The highest BCUT2D eigenvalue weighted by Gasteiger charge is 2.15. The van der Waals surface area contributed by atoms with Gasteiger partial charge in [-0.3, -0.25) is 4.79 Å². The van der Waals surface area contributed by atoms with Crippen LogP contribution >= 0.6 is 15.9 Å². The molecule has 0 aromatic carbocycles. The van der Waals surface area contributed by atoms with Crippen LogP contribution in [0.2, 0.25) is 0 Å². The van der Waals surface area contributed by atoms with Gasteiger partial charge in [0.1, 0.15) is 22.4 Å². The number of nitrogens with one attached hydrogen (secondary N) is 1. The van der Waals surface area contributed by atoms with Gasteiger partial charge < -0.3 is 15.1 Å². The molecule has 0 atom stereocenters. The lowest BCUT2D eigenvalue weighted by molar-refractivity contribution is -0.127. The summed E-state index contributed by atoms with van der Waals surface area (Å²) in [5.74, 6) is 1.47. The molecule has 0 bridgehead atoms. The van der Waals surface area contributed by atoms with Crippen molar-refractivity contribution in [2.45, 2.75) is 13.3 Å². The van der Waals surface area contributed by atoms with Crippen LogP contribution in [-0.2, 0) is 4.79 Å². The van der Waals surface area contributed by atoms with Gasteiger partial charge in [0.2, 0.25) is 5.91 Å². The van der Waals surface area contributed by atoms with Crippen molar-refractivity contribution in [3.05, 3.63) is 10.8 Å². The SMILES string of the molecule is CCCNc1ncnc(N(C)CC(=O)N(C)C)c1Br. The van der Waals surface area contributed by atoms with Gasteiger partial charge in [-0.1, -0.05) is 6.92 Å². The molecule has 0 unspecified atom stereocenters. The number of amides is 1. The Hall–Kier alpha value is -1.37. The summed E-state index contributed by atoms with van der Waals surface area (Å²) in [6, 6.07) is 0. The quantitative estimate of drug-likeness (QED) is 0.858. The van der Waals surface area contributed by atoms with Gasteiger partial charge in [0.05, 0.1) is 6.54 Å². The topological polar surface area (TPSA) is 61.4 Å². The summed E-state index contributed by atoms with van der Waals surface area (Å²) in [6.07, 6.45) is 2.51. The predicted octanol–water partition coefficient (Wildman–Crippen LogP) is 1.59. The highest BCUT2D eigenvalue weighted by Crippen LogP contribution is 2.28. The minimum Gasteiger partial charge on any atom is -0.369 e. The van der Waals surface area contributed by atoms with Gasteiger partial charge in [-0.05, 0) is 22.4 Å². The molecule has 0 fully saturated rings. The maximum atomic E-state index is 11.7. The van der Waals surface area contributed by atoms with E-state index in [0.29, 0.717) is 5.82 Å². The highest BCUT2D eigenvalue weighted by atomic mass is 79.9. The van der Waals surface area contributed by atoms with E-state index in [-0.39, 0.29) is 12.5 Å². The molecule has 0 aliphatic carbocycles. The fourth-order valence-electron chi connectivity index (χ4n) is 1.41. The van der Waals surface area contributed by atoms with Crippen molar-refractivity contribution in [1.82, 2.24) is 14.9 Å². The molecule has 1 amide bonds. The van der Waals surface area contributed by atoms with Crippen molar-refractivity contribution in [3.8, 4) is 0 Å². The van der Waals surface area contributed by atoms with E-state index in [0.717, 1.165) is 23.3 Å². The number of nitrogens with zero attached hydrogens (tertiary/aromatic N) is 4. The number of anilines is 2. The van der Waals surface area contributed by atoms with E-state index in [2.05, 4.69) is 38.1 Å². The Balaban J connectivity index is 2.85. The van der Waals surface area contributed by atoms with Crippen molar-refractivity contribution >= 4 is 33.5 Å². The van der Waals surface area contributed by atoms with E-state index in [4.69, 9.17) is 0 Å². The summed E-state index contributed by atoms with van der Waals surface area (Å²) in [6.45, 7) is 3.20. The summed E-state index contributed by atoms with van der Waals surface area (Å²) in [5.41, 5.74) is 0. The zero-order chi connectivity index (χ0) is 14.4. The first-order valence-electron chi connectivity index (χ1n) is 6.13. The van der Waals surface area contributed by atoms with E-state index in [1.807, 2.05) is 7.05 Å². The minimum atomic E-state index is 0.0241. The second-order valence-corrected chi connectivity index (χ2v) is 5.22. The van der Waals surface area contributed by atoms with E-state index in [1.54, 1.807) is 23.9 Å². The number of hydrogen-bond acceptors (Lipinski definition) is 5. The number of rotatable bonds is 6. The first kappa shape index (κ1) is 15.7. The normalized spacial score (nSPS) is 10.2. The van der Waals surface area contributed by atoms with Crippen LogP contribution in [0.4, 0.5) is 11.6 Å². The molecule has 0 saturated carbocycles. The first-order chi connectivity index (χ1) is 8.97. The lowest BCUT2D eigenvalue weighted by Gasteiger charge is -2.21. The van der Waals surface area contributed by atoms with E-state index in [1.165, 1.54) is 6.33 Å². The number of hydrogen-bond donors (Lipinski definition) is 1. The summed E-state index contributed by atoms with van der Waals surface area (Å²) in [5, 5.41) is 3.21. The second-order valence-electron chi connectivity index (χ2n) is 4.43. The Morgan fingerprint density at radius 3 is 2.63 bits per heavy atom. The molecule has 0 aliphatic rings. The number of likely N-dealkylation sites (N-methyl/N-ethyl adjacent to an activating group) is 2. The molecule has 19 heavy (non-hydrogen) atoms. The number of halogens is 1. The largest absolute Gasteiger partial charge is 0.369 e. The zero-order valence-corrected chi connectivity index (χ0v) is 13.4. The molecule has 1 aromatic heterocycles. The van der Waals surface area contributed by atoms with Crippen LogP contribution in [0.25, 0.3) is 0 Å². The van der Waals surface area contributed by atoms with Gasteiger partial charge in [-0.15, -0.1) is 0 Å². The Morgan fingerprint density at radius 2 is 2.05 bits per heavy atom. The van der Waals surface area contributed by atoms with E-state index < -0.39 is 0 Å². The zero-order valence-electron chi connectivity index (χ0n) is 11.8. The van der Waals surface area contributed by atoms with Gasteiger partial charge in [0, 0.05) is 27.7 Å².